The van der Waals surface area contributed by atoms with Crippen molar-refractivity contribution in [2.75, 3.05) is 15.9 Å². The SMILES string of the molecule is CCCCc1ccc(NC(=O)c2ccc(CN(c3cccc(Cl)c3Cl)S(C)(=O)=O)cc2)cc1. The van der Waals surface area contributed by atoms with Crippen molar-refractivity contribution in [3.63, 3.8) is 0 Å². The standard InChI is InChI=1S/C25H26Cl2N2O3S/c1-3-4-6-18-11-15-21(16-12-18)28-25(30)20-13-9-19(10-14-20)17-29(33(2,31)32)23-8-5-7-22(26)24(23)27/h5,7-16H,3-4,6,17H2,1-2H3,(H,28,30). The lowest BCUT2D eigenvalue weighted by atomic mass is 10.1. The third-order valence-electron chi connectivity index (χ3n) is 5.17. The van der Waals surface area contributed by atoms with E-state index in [0.29, 0.717) is 16.8 Å². The number of benzene rings is 3. The minimum Gasteiger partial charge on any atom is -0.322 e. The number of carbonyl (C=O) groups is 1. The monoisotopic (exact) mass is 504 g/mol. The summed E-state index contributed by atoms with van der Waals surface area (Å²) in [7, 11) is -3.62. The summed E-state index contributed by atoms with van der Waals surface area (Å²) in [6, 6.07) is 19.5. The van der Waals surface area contributed by atoms with Gasteiger partial charge in [-0.1, -0.05) is 66.9 Å². The lowest BCUT2D eigenvalue weighted by Crippen LogP contribution is -2.29. The Balaban J connectivity index is 1.72. The molecule has 1 amide bonds. The van der Waals surface area contributed by atoms with Gasteiger partial charge in [0.1, 0.15) is 0 Å². The number of aryl methyl sites for hydroxylation is 1. The van der Waals surface area contributed by atoms with Crippen LogP contribution in [0.2, 0.25) is 10.0 Å². The quantitative estimate of drug-likeness (QED) is 0.359. The molecular formula is C25H26Cl2N2O3S. The summed E-state index contributed by atoms with van der Waals surface area (Å²) in [5, 5.41) is 3.33. The highest BCUT2D eigenvalue weighted by atomic mass is 35.5. The van der Waals surface area contributed by atoms with E-state index >= 15 is 0 Å². The zero-order valence-electron chi connectivity index (χ0n) is 18.5. The van der Waals surface area contributed by atoms with Gasteiger partial charge in [0.15, 0.2) is 0 Å². The molecule has 3 rings (SSSR count). The van der Waals surface area contributed by atoms with Crippen LogP contribution in [0, 0.1) is 0 Å². The molecule has 8 heteroatoms. The molecule has 33 heavy (non-hydrogen) atoms. The van der Waals surface area contributed by atoms with Crippen LogP contribution in [0.15, 0.2) is 66.7 Å². The summed E-state index contributed by atoms with van der Waals surface area (Å²) in [4.78, 5) is 12.6. The highest BCUT2D eigenvalue weighted by Crippen LogP contribution is 2.34. The van der Waals surface area contributed by atoms with Crippen LogP contribution in [0.1, 0.15) is 41.3 Å². The van der Waals surface area contributed by atoms with E-state index in [0.717, 1.165) is 31.2 Å². The van der Waals surface area contributed by atoms with Gasteiger partial charge in [0, 0.05) is 11.3 Å². The molecule has 5 nitrogen and oxygen atoms in total. The van der Waals surface area contributed by atoms with E-state index in [-0.39, 0.29) is 22.5 Å². The van der Waals surface area contributed by atoms with Crippen LogP contribution in [0.25, 0.3) is 0 Å². The molecule has 3 aromatic carbocycles. The molecule has 0 aliphatic carbocycles. The molecular weight excluding hydrogens is 479 g/mol. The number of sulfonamides is 1. The number of hydrogen-bond donors (Lipinski definition) is 1. The topological polar surface area (TPSA) is 66.5 Å². The summed E-state index contributed by atoms with van der Waals surface area (Å²) in [5.74, 6) is -0.235. The second-order valence-corrected chi connectivity index (χ2v) is 10.5. The largest absolute Gasteiger partial charge is 0.322 e. The molecule has 0 atom stereocenters. The summed E-state index contributed by atoms with van der Waals surface area (Å²) in [5.41, 5.74) is 3.45. The highest BCUT2D eigenvalue weighted by molar-refractivity contribution is 7.92. The van der Waals surface area contributed by atoms with E-state index < -0.39 is 10.0 Å². The van der Waals surface area contributed by atoms with Crippen molar-refractivity contribution >= 4 is 50.5 Å². The number of nitrogens with one attached hydrogen (secondary N) is 1. The summed E-state index contributed by atoms with van der Waals surface area (Å²) in [6.07, 6.45) is 4.41. The van der Waals surface area contributed by atoms with E-state index in [1.54, 1.807) is 42.5 Å². The first-order valence-corrected chi connectivity index (χ1v) is 13.2. The van der Waals surface area contributed by atoms with Gasteiger partial charge in [0.25, 0.3) is 5.91 Å². The zero-order valence-corrected chi connectivity index (χ0v) is 20.8. The Morgan fingerprint density at radius 2 is 1.58 bits per heavy atom. The maximum absolute atomic E-state index is 12.6. The molecule has 0 radical (unpaired) electrons. The van der Waals surface area contributed by atoms with Crippen molar-refractivity contribution in [1.29, 1.82) is 0 Å². The fraction of sp³-hybridized carbons (Fsp3) is 0.240. The number of anilines is 2. The third-order valence-corrected chi connectivity index (χ3v) is 7.11. The third kappa shape index (κ3) is 6.73. The Kier molecular flexibility index (Phi) is 8.40. The Labute approximate surface area is 205 Å². The van der Waals surface area contributed by atoms with Crippen LogP contribution in [-0.2, 0) is 23.0 Å². The van der Waals surface area contributed by atoms with Crippen LogP contribution < -0.4 is 9.62 Å². The van der Waals surface area contributed by atoms with Crippen molar-refractivity contribution in [2.45, 2.75) is 32.7 Å². The van der Waals surface area contributed by atoms with Crippen LogP contribution >= 0.6 is 23.2 Å². The van der Waals surface area contributed by atoms with Gasteiger partial charge in [-0.15, -0.1) is 0 Å². The molecule has 0 heterocycles. The van der Waals surface area contributed by atoms with Crippen molar-refractivity contribution in [2.24, 2.45) is 0 Å². The Bertz CT molecular complexity index is 1210. The first-order valence-electron chi connectivity index (χ1n) is 10.6. The number of amides is 1. The molecule has 3 aromatic rings. The summed E-state index contributed by atoms with van der Waals surface area (Å²) >= 11 is 12.3. The van der Waals surface area contributed by atoms with Gasteiger partial charge < -0.3 is 5.32 Å². The molecule has 1 N–H and O–H groups in total. The second kappa shape index (κ2) is 11.1. The van der Waals surface area contributed by atoms with Gasteiger partial charge in [0.05, 0.1) is 28.5 Å². The molecule has 174 valence electrons. The number of rotatable bonds is 9. The minimum atomic E-state index is -3.62. The van der Waals surface area contributed by atoms with Gasteiger partial charge in [-0.3, -0.25) is 9.10 Å². The molecule has 0 saturated heterocycles. The van der Waals surface area contributed by atoms with Gasteiger partial charge in [0.2, 0.25) is 10.0 Å². The van der Waals surface area contributed by atoms with E-state index in [9.17, 15) is 13.2 Å². The Hall–Kier alpha value is -2.54. The number of unbranched alkanes of at least 4 members (excludes halogenated alkanes) is 1. The van der Waals surface area contributed by atoms with E-state index in [2.05, 4.69) is 12.2 Å². The van der Waals surface area contributed by atoms with Gasteiger partial charge in [-0.05, 0) is 60.4 Å². The molecule has 0 aliphatic rings. The summed E-state index contributed by atoms with van der Waals surface area (Å²) < 4.78 is 26.0. The molecule has 0 aromatic heterocycles. The first kappa shape index (κ1) is 25.1. The van der Waals surface area contributed by atoms with Crippen molar-refractivity contribution in [3.05, 3.63) is 93.5 Å². The fourth-order valence-corrected chi connectivity index (χ4v) is 4.67. The smallest absolute Gasteiger partial charge is 0.255 e. The maximum atomic E-state index is 12.6. The van der Waals surface area contributed by atoms with Crippen LogP contribution in [0.3, 0.4) is 0 Å². The van der Waals surface area contributed by atoms with Crippen LogP contribution in [0.5, 0.6) is 0 Å². The number of halogens is 2. The predicted octanol–water partition coefficient (Wildman–Crippen LogP) is 6.55. The lowest BCUT2D eigenvalue weighted by molar-refractivity contribution is 0.102. The molecule has 0 bridgehead atoms. The fourth-order valence-electron chi connectivity index (χ4n) is 3.33. The Morgan fingerprint density at radius 1 is 0.939 bits per heavy atom. The number of carbonyl (C=O) groups excluding carboxylic acids is 1. The maximum Gasteiger partial charge on any atom is 0.255 e. The number of hydrogen-bond acceptors (Lipinski definition) is 3. The van der Waals surface area contributed by atoms with Gasteiger partial charge >= 0.3 is 0 Å². The molecule has 0 aliphatic heterocycles. The van der Waals surface area contributed by atoms with Gasteiger partial charge in [-0.25, -0.2) is 8.42 Å². The van der Waals surface area contributed by atoms with E-state index in [1.807, 2.05) is 24.3 Å². The molecule has 0 unspecified atom stereocenters. The minimum absolute atomic E-state index is 0.0556. The lowest BCUT2D eigenvalue weighted by Gasteiger charge is -2.24. The van der Waals surface area contributed by atoms with Crippen LogP contribution in [0.4, 0.5) is 11.4 Å². The van der Waals surface area contributed by atoms with E-state index in [4.69, 9.17) is 23.2 Å². The normalized spacial score (nSPS) is 11.3. The highest BCUT2D eigenvalue weighted by Gasteiger charge is 2.21. The second-order valence-electron chi connectivity index (χ2n) is 7.79. The average Bonchev–Trinajstić information content (AvgIpc) is 2.79. The first-order chi connectivity index (χ1) is 15.7. The average molecular weight is 505 g/mol. The molecule has 0 fully saturated rings. The molecule has 0 spiro atoms. The number of nitrogens with zero attached hydrogens (tertiary/aromatic N) is 1. The zero-order chi connectivity index (χ0) is 24.0. The van der Waals surface area contributed by atoms with Crippen molar-refractivity contribution < 1.29 is 13.2 Å². The van der Waals surface area contributed by atoms with Crippen LogP contribution in [-0.4, -0.2) is 20.6 Å². The summed E-state index contributed by atoms with van der Waals surface area (Å²) in [6.45, 7) is 2.21. The molecule has 0 saturated carbocycles. The predicted molar refractivity (Wildman–Crippen MR) is 137 cm³/mol. The van der Waals surface area contributed by atoms with Crippen molar-refractivity contribution in [1.82, 2.24) is 0 Å². The Morgan fingerprint density at radius 3 is 2.18 bits per heavy atom. The van der Waals surface area contributed by atoms with Crippen molar-refractivity contribution in [3.8, 4) is 0 Å². The van der Waals surface area contributed by atoms with Gasteiger partial charge in [-0.2, -0.15) is 0 Å². The van der Waals surface area contributed by atoms with E-state index in [1.165, 1.54) is 9.87 Å².